The summed E-state index contributed by atoms with van der Waals surface area (Å²) in [5, 5.41) is 11.0. The molecular weight excluding hydrogens is 275 g/mol. The molecule has 0 heterocycles. The van der Waals surface area contributed by atoms with E-state index in [1.165, 1.54) is 11.6 Å². The van der Waals surface area contributed by atoms with E-state index in [4.69, 9.17) is 11.6 Å². The number of aryl methyl sites for hydroxylation is 2. The molecule has 20 heavy (non-hydrogen) atoms. The lowest BCUT2D eigenvalue weighted by molar-refractivity contribution is 0.0388. The van der Waals surface area contributed by atoms with Crippen molar-refractivity contribution in [3.05, 3.63) is 69.5 Å². The smallest absolute Gasteiger partial charge is 0.142 e. The van der Waals surface area contributed by atoms with Crippen LogP contribution in [0.1, 0.15) is 28.7 Å². The molecule has 1 N–H and O–H groups in total. The van der Waals surface area contributed by atoms with Gasteiger partial charge < -0.3 is 5.11 Å². The Balaban J connectivity index is 1.95. The van der Waals surface area contributed by atoms with E-state index in [9.17, 15) is 9.50 Å². The molecule has 0 aliphatic heterocycles. The summed E-state index contributed by atoms with van der Waals surface area (Å²) < 4.78 is 13.5. The molecule has 0 saturated carbocycles. The van der Waals surface area contributed by atoms with E-state index >= 15 is 0 Å². The van der Waals surface area contributed by atoms with Crippen molar-refractivity contribution in [3.8, 4) is 0 Å². The minimum atomic E-state index is -0.901. The fourth-order valence-electron chi connectivity index (χ4n) is 2.99. The zero-order valence-electron chi connectivity index (χ0n) is 11.3. The number of hydrogen-bond donors (Lipinski definition) is 1. The maximum atomic E-state index is 13.5. The third-order valence-electron chi connectivity index (χ3n) is 4.06. The molecule has 0 spiro atoms. The highest BCUT2D eigenvalue weighted by Crippen LogP contribution is 2.40. The topological polar surface area (TPSA) is 20.2 Å². The Kier molecular flexibility index (Phi) is 3.31. The predicted molar refractivity (Wildman–Crippen MR) is 78.5 cm³/mol. The minimum absolute atomic E-state index is 0.114. The van der Waals surface area contributed by atoms with Crippen LogP contribution in [0.15, 0.2) is 36.4 Å². The number of fused-ring (bicyclic) bond motifs is 1. The Morgan fingerprint density at radius 3 is 2.80 bits per heavy atom. The van der Waals surface area contributed by atoms with Crippen LogP contribution in [-0.4, -0.2) is 5.11 Å². The molecule has 3 heteroatoms. The Morgan fingerprint density at radius 2 is 2.05 bits per heavy atom. The van der Waals surface area contributed by atoms with E-state index in [-0.39, 0.29) is 5.02 Å². The molecule has 2 aromatic carbocycles. The van der Waals surface area contributed by atoms with E-state index in [0.717, 1.165) is 23.1 Å². The Hall–Kier alpha value is -1.38. The normalized spacial score (nSPS) is 21.0. The summed E-state index contributed by atoms with van der Waals surface area (Å²) in [5.74, 6) is -0.435. The van der Waals surface area contributed by atoms with Crippen LogP contribution >= 0.6 is 11.6 Å². The Morgan fingerprint density at radius 1 is 1.25 bits per heavy atom. The van der Waals surface area contributed by atoms with Crippen LogP contribution in [0.5, 0.6) is 0 Å². The molecule has 1 atom stereocenters. The van der Waals surface area contributed by atoms with E-state index < -0.39 is 11.4 Å². The Labute approximate surface area is 123 Å². The molecule has 1 aliphatic carbocycles. The van der Waals surface area contributed by atoms with Crippen molar-refractivity contribution in [1.29, 1.82) is 0 Å². The van der Waals surface area contributed by atoms with Gasteiger partial charge in [-0.15, -0.1) is 0 Å². The van der Waals surface area contributed by atoms with Crippen molar-refractivity contribution in [2.75, 3.05) is 0 Å². The molecule has 1 nitrogen and oxygen atoms in total. The largest absolute Gasteiger partial charge is 0.385 e. The number of rotatable bonds is 2. The first kappa shape index (κ1) is 13.6. The average molecular weight is 291 g/mol. The lowest BCUT2D eigenvalue weighted by Gasteiger charge is -2.24. The highest BCUT2D eigenvalue weighted by Gasteiger charge is 2.36. The number of halogens is 2. The van der Waals surface area contributed by atoms with Crippen molar-refractivity contribution >= 4 is 11.6 Å². The lowest BCUT2D eigenvalue weighted by atomic mass is 9.88. The van der Waals surface area contributed by atoms with Gasteiger partial charge >= 0.3 is 0 Å². The van der Waals surface area contributed by atoms with E-state index in [0.29, 0.717) is 12.8 Å². The summed E-state index contributed by atoms with van der Waals surface area (Å²) in [6.07, 6.45) is 1.95. The molecule has 104 valence electrons. The summed E-state index contributed by atoms with van der Waals surface area (Å²) in [6, 6.07) is 10.9. The van der Waals surface area contributed by atoms with Gasteiger partial charge in [-0.2, -0.15) is 0 Å². The second-order valence-electron chi connectivity index (χ2n) is 5.62. The molecule has 2 aromatic rings. The highest BCUT2D eigenvalue weighted by molar-refractivity contribution is 6.30. The molecule has 0 saturated heterocycles. The molecule has 0 radical (unpaired) electrons. The van der Waals surface area contributed by atoms with Crippen molar-refractivity contribution in [2.24, 2.45) is 0 Å². The van der Waals surface area contributed by atoms with Gasteiger partial charge in [0.25, 0.3) is 0 Å². The van der Waals surface area contributed by atoms with Crippen molar-refractivity contribution in [1.82, 2.24) is 0 Å². The standard InChI is InChI=1S/C17H16ClFO/c1-11-2-4-13-6-7-17(20,14(13)8-11)10-12-3-5-15(18)16(19)9-12/h2-5,8-9,20H,6-7,10H2,1H3. The molecule has 0 bridgehead atoms. The van der Waals surface area contributed by atoms with Crippen LogP contribution in [0, 0.1) is 12.7 Å². The van der Waals surface area contributed by atoms with Gasteiger partial charge in [0.2, 0.25) is 0 Å². The first-order valence-corrected chi connectivity index (χ1v) is 7.12. The third kappa shape index (κ3) is 2.34. The molecule has 1 unspecified atom stereocenters. The van der Waals surface area contributed by atoms with Crippen LogP contribution in [0.25, 0.3) is 0 Å². The van der Waals surface area contributed by atoms with E-state index in [2.05, 4.69) is 12.1 Å². The first-order chi connectivity index (χ1) is 9.48. The van der Waals surface area contributed by atoms with Gasteiger partial charge in [-0.3, -0.25) is 0 Å². The molecular formula is C17H16ClFO. The fourth-order valence-corrected chi connectivity index (χ4v) is 3.11. The van der Waals surface area contributed by atoms with Crippen molar-refractivity contribution in [3.63, 3.8) is 0 Å². The van der Waals surface area contributed by atoms with E-state index in [1.807, 2.05) is 13.0 Å². The van der Waals surface area contributed by atoms with Gasteiger partial charge in [0, 0.05) is 6.42 Å². The molecule has 0 amide bonds. The zero-order chi connectivity index (χ0) is 14.3. The quantitative estimate of drug-likeness (QED) is 0.880. The van der Waals surface area contributed by atoms with Gasteiger partial charge in [-0.1, -0.05) is 41.4 Å². The first-order valence-electron chi connectivity index (χ1n) is 6.74. The van der Waals surface area contributed by atoms with Crippen LogP contribution in [0.2, 0.25) is 5.02 Å². The number of hydrogen-bond acceptors (Lipinski definition) is 1. The maximum absolute atomic E-state index is 13.5. The van der Waals surface area contributed by atoms with Crippen molar-refractivity contribution in [2.45, 2.75) is 31.8 Å². The van der Waals surface area contributed by atoms with Crippen LogP contribution in [-0.2, 0) is 18.4 Å². The Bertz CT molecular complexity index is 668. The highest BCUT2D eigenvalue weighted by atomic mass is 35.5. The maximum Gasteiger partial charge on any atom is 0.142 e. The summed E-state index contributed by atoms with van der Waals surface area (Å²) in [4.78, 5) is 0. The predicted octanol–water partition coefficient (Wildman–Crippen LogP) is 4.16. The summed E-state index contributed by atoms with van der Waals surface area (Å²) in [5.41, 5.74) is 3.16. The SMILES string of the molecule is Cc1ccc2c(c1)C(O)(Cc1ccc(Cl)c(F)c1)CC2. The number of aliphatic hydroxyl groups is 1. The van der Waals surface area contributed by atoms with Gasteiger partial charge in [0.05, 0.1) is 10.6 Å². The summed E-state index contributed by atoms with van der Waals surface area (Å²) in [6.45, 7) is 2.01. The van der Waals surface area contributed by atoms with Gasteiger partial charge in [-0.05, 0) is 48.6 Å². The molecule has 0 aromatic heterocycles. The molecule has 3 rings (SSSR count). The van der Waals surface area contributed by atoms with Crippen LogP contribution < -0.4 is 0 Å². The second-order valence-corrected chi connectivity index (χ2v) is 6.02. The van der Waals surface area contributed by atoms with Crippen LogP contribution in [0.3, 0.4) is 0 Å². The van der Waals surface area contributed by atoms with Gasteiger partial charge in [-0.25, -0.2) is 4.39 Å². The zero-order valence-corrected chi connectivity index (χ0v) is 12.0. The lowest BCUT2D eigenvalue weighted by Crippen LogP contribution is -2.25. The molecule has 0 fully saturated rings. The third-order valence-corrected chi connectivity index (χ3v) is 4.36. The average Bonchev–Trinajstić information content (AvgIpc) is 2.72. The van der Waals surface area contributed by atoms with Gasteiger partial charge in [0.1, 0.15) is 5.82 Å². The van der Waals surface area contributed by atoms with E-state index in [1.54, 1.807) is 12.1 Å². The van der Waals surface area contributed by atoms with Gasteiger partial charge in [0.15, 0.2) is 0 Å². The van der Waals surface area contributed by atoms with Crippen molar-refractivity contribution < 1.29 is 9.50 Å². The monoisotopic (exact) mass is 290 g/mol. The second kappa shape index (κ2) is 4.87. The summed E-state index contributed by atoms with van der Waals surface area (Å²) >= 11 is 5.70. The fraction of sp³-hybridized carbons (Fsp3) is 0.294. The number of benzene rings is 2. The minimum Gasteiger partial charge on any atom is -0.385 e. The molecule has 1 aliphatic rings. The van der Waals surface area contributed by atoms with Crippen LogP contribution in [0.4, 0.5) is 4.39 Å². The summed E-state index contributed by atoms with van der Waals surface area (Å²) in [7, 11) is 0.